The summed E-state index contributed by atoms with van der Waals surface area (Å²) in [5.41, 5.74) is 6.08. The minimum Gasteiger partial charge on any atom is -0.505 e. The number of phenolic OH excluding ortho intramolecular Hbond substituents is 3. The van der Waals surface area contributed by atoms with Gasteiger partial charge in [-0.1, -0.05) is 20.8 Å². The van der Waals surface area contributed by atoms with Crippen LogP contribution in [0.15, 0.2) is 23.9 Å². The van der Waals surface area contributed by atoms with Crippen molar-refractivity contribution in [2.45, 2.75) is 33.1 Å². The maximum absolute atomic E-state index is 12.0. The minimum atomic E-state index is -0.945. The molecule has 0 saturated heterocycles. The Morgan fingerprint density at radius 3 is 2.50 bits per heavy atom. The van der Waals surface area contributed by atoms with Crippen molar-refractivity contribution in [3.8, 4) is 17.2 Å². The fourth-order valence-electron chi connectivity index (χ4n) is 3.19. The lowest BCUT2D eigenvalue weighted by Gasteiger charge is -2.18. The monoisotopic (exact) mass is 414 g/mol. The molecule has 0 aliphatic heterocycles. The molecular formula is C19H22N6O5. The number of carbonyl (C=O) groups is 1. The average Bonchev–Trinajstić information content (AvgIpc) is 3.30. The van der Waals surface area contributed by atoms with Crippen LogP contribution in [-0.2, 0) is 5.41 Å². The van der Waals surface area contributed by atoms with Gasteiger partial charge in [0.1, 0.15) is 17.0 Å². The van der Waals surface area contributed by atoms with Crippen LogP contribution < -0.4 is 10.9 Å². The van der Waals surface area contributed by atoms with E-state index in [1.807, 2.05) is 20.8 Å². The van der Waals surface area contributed by atoms with Crippen molar-refractivity contribution in [1.29, 1.82) is 0 Å². The van der Waals surface area contributed by atoms with Gasteiger partial charge in [-0.15, -0.1) is 10.0 Å². The Morgan fingerprint density at radius 1 is 1.27 bits per heavy atom. The molecule has 158 valence electrons. The molecular weight excluding hydrogens is 392 g/mol. The topological polar surface area (TPSA) is 170 Å². The van der Waals surface area contributed by atoms with Crippen LogP contribution in [0.1, 0.15) is 48.2 Å². The normalized spacial score (nSPS) is 12.0. The summed E-state index contributed by atoms with van der Waals surface area (Å²) in [4.78, 5) is 30.9. The number of nitrogens with zero attached hydrogens (tertiary/aromatic N) is 4. The lowest BCUT2D eigenvalue weighted by molar-refractivity contribution is 0.0992. The van der Waals surface area contributed by atoms with Crippen LogP contribution in [0.4, 0.5) is 0 Å². The number of fused-ring (bicyclic) bond motifs is 1. The number of carbonyl (C=O) groups excluding carboxylic acids is 1. The molecule has 6 N–H and O–H groups in total. The predicted molar refractivity (Wildman–Crippen MR) is 111 cm³/mol. The number of nitrogens with two attached hydrogens (primary N) is 1. The van der Waals surface area contributed by atoms with Crippen LogP contribution in [0.2, 0.25) is 0 Å². The highest BCUT2D eigenvalue weighted by Crippen LogP contribution is 2.44. The number of H-pyrrole nitrogens is 1. The molecule has 0 saturated carbocycles. The second kappa shape index (κ2) is 7.10. The smallest absolute Gasteiger partial charge is 0.267 e. The first-order chi connectivity index (χ1) is 14.0. The van der Waals surface area contributed by atoms with Gasteiger partial charge in [-0.05, 0) is 19.1 Å². The molecule has 0 radical (unpaired) electrons. The number of aromatic amines is 1. The molecule has 0 aliphatic carbocycles. The molecule has 11 nitrogen and oxygen atoms in total. The SMILES string of the molecule is Cc1c(O)c(O)c2cc(C(N)=O)n(N(/C=C/c3nc[nH]c3C(C)(C)C)N=O)c2c1O. The number of nitroso groups, excluding NO2 is 1. The first-order valence-electron chi connectivity index (χ1n) is 8.92. The van der Waals surface area contributed by atoms with Crippen LogP contribution >= 0.6 is 0 Å². The fraction of sp³-hybridized carbons (Fsp3) is 0.263. The van der Waals surface area contributed by atoms with E-state index in [4.69, 9.17) is 5.73 Å². The molecule has 2 heterocycles. The maximum atomic E-state index is 12.0. The zero-order valence-corrected chi connectivity index (χ0v) is 16.8. The van der Waals surface area contributed by atoms with Gasteiger partial charge in [0.05, 0.1) is 28.9 Å². The van der Waals surface area contributed by atoms with Crippen LogP contribution in [0, 0.1) is 11.8 Å². The Kier molecular flexibility index (Phi) is 4.90. The Morgan fingerprint density at radius 2 is 1.93 bits per heavy atom. The van der Waals surface area contributed by atoms with Crippen molar-refractivity contribution in [2.24, 2.45) is 11.0 Å². The average molecular weight is 414 g/mol. The summed E-state index contributed by atoms with van der Waals surface area (Å²) in [6, 6.07) is 1.15. The summed E-state index contributed by atoms with van der Waals surface area (Å²) >= 11 is 0. The number of phenols is 3. The van der Waals surface area contributed by atoms with E-state index in [2.05, 4.69) is 15.3 Å². The van der Waals surface area contributed by atoms with Gasteiger partial charge in [0.25, 0.3) is 5.91 Å². The van der Waals surface area contributed by atoms with Gasteiger partial charge in [-0.25, -0.2) is 9.66 Å². The van der Waals surface area contributed by atoms with Gasteiger partial charge < -0.3 is 26.0 Å². The van der Waals surface area contributed by atoms with Gasteiger partial charge in [-0.2, -0.15) is 0 Å². The van der Waals surface area contributed by atoms with Gasteiger partial charge >= 0.3 is 0 Å². The summed E-state index contributed by atoms with van der Waals surface area (Å²) in [5.74, 6) is -2.52. The quantitative estimate of drug-likeness (QED) is 0.185. The molecule has 30 heavy (non-hydrogen) atoms. The van der Waals surface area contributed by atoms with Crippen molar-refractivity contribution >= 4 is 22.9 Å². The lowest BCUT2D eigenvalue weighted by atomic mass is 9.91. The van der Waals surface area contributed by atoms with Crippen molar-refractivity contribution in [2.75, 3.05) is 5.12 Å². The highest BCUT2D eigenvalue weighted by atomic mass is 16.3. The third-order valence-electron chi connectivity index (χ3n) is 4.72. The number of nitrogens with one attached hydrogen (secondary N) is 1. The number of aromatic hydroxyl groups is 3. The van der Waals surface area contributed by atoms with Crippen molar-refractivity contribution in [3.63, 3.8) is 0 Å². The van der Waals surface area contributed by atoms with Gasteiger partial charge in [-0.3, -0.25) is 4.79 Å². The predicted octanol–water partition coefficient (Wildman–Crippen LogP) is 2.48. The molecule has 3 rings (SSSR count). The Balaban J connectivity index is 2.24. The molecule has 3 aromatic rings. The number of rotatable bonds is 5. The van der Waals surface area contributed by atoms with Crippen LogP contribution in [0.5, 0.6) is 17.2 Å². The van der Waals surface area contributed by atoms with E-state index < -0.39 is 23.2 Å². The fourth-order valence-corrected chi connectivity index (χ4v) is 3.19. The summed E-state index contributed by atoms with van der Waals surface area (Å²) in [6.07, 6.45) is 4.25. The van der Waals surface area contributed by atoms with E-state index in [1.54, 1.807) is 0 Å². The van der Waals surface area contributed by atoms with E-state index in [0.717, 1.165) is 21.6 Å². The summed E-state index contributed by atoms with van der Waals surface area (Å²) < 4.78 is 0.950. The summed E-state index contributed by atoms with van der Waals surface area (Å²) in [5, 5.41) is 34.3. The number of primary amides is 1. The number of amides is 1. The standard InChI is InChI=1S/C19H22N6O5/c1-9-14(26)13-10(16(28)15(9)27)7-12(18(20)29)25(13)24(23-30)6-5-11-17(19(2,3)4)22-8-21-11/h5-8,26-28H,1-4H3,(H2,20,29)(H,21,22)/b6-5+. The largest absolute Gasteiger partial charge is 0.505 e. The molecule has 0 unspecified atom stereocenters. The van der Waals surface area contributed by atoms with Crippen molar-refractivity contribution in [3.05, 3.63) is 46.1 Å². The molecule has 0 bridgehead atoms. The van der Waals surface area contributed by atoms with Crippen molar-refractivity contribution < 1.29 is 20.1 Å². The number of aromatic nitrogens is 3. The lowest BCUT2D eigenvalue weighted by Crippen LogP contribution is -2.28. The first-order valence-corrected chi connectivity index (χ1v) is 8.92. The van der Waals surface area contributed by atoms with Crippen LogP contribution in [-0.4, -0.2) is 35.9 Å². The Labute approximate surface area is 171 Å². The number of imidazole rings is 1. The van der Waals surface area contributed by atoms with Crippen LogP contribution in [0.25, 0.3) is 17.0 Å². The van der Waals surface area contributed by atoms with Gasteiger partial charge in [0, 0.05) is 16.7 Å². The summed E-state index contributed by atoms with van der Waals surface area (Å²) in [6.45, 7) is 7.30. The highest BCUT2D eigenvalue weighted by Gasteiger charge is 2.26. The van der Waals surface area contributed by atoms with Crippen LogP contribution in [0.3, 0.4) is 0 Å². The van der Waals surface area contributed by atoms with E-state index in [1.165, 1.54) is 25.5 Å². The van der Waals surface area contributed by atoms with E-state index in [-0.39, 0.29) is 27.6 Å². The molecule has 0 fully saturated rings. The molecule has 2 aromatic heterocycles. The summed E-state index contributed by atoms with van der Waals surface area (Å²) in [7, 11) is 0. The van der Waals surface area contributed by atoms with Gasteiger partial charge in [0.15, 0.2) is 11.5 Å². The van der Waals surface area contributed by atoms with E-state index in [9.17, 15) is 25.0 Å². The molecule has 1 aromatic carbocycles. The van der Waals surface area contributed by atoms with E-state index >= 15 is 0 Å². The second-order valence-electron chi connectivity index (χ2n) is 7.77. The molecule has 0 atom stereocenters. The minimum absolute atomic E-state index is 0.0486. The Bertz CT molecular complexity index is 1180. The van der Waals surface area contributed by atoms with Gasteiger partial charge in [0.2, 0.25) is 0 Å². The molecule has 11 heteroatoms. The molecule has 1 amide bonds. The zero-order chi connectivity index (χ0) is 22.4. The first kappa shape index (κ1) is 20.7. The molecule has 0 spiro atoms. The molecule has 0 aliphatic rings. The second-order valence-corrected chi connectivity index (χ2v) is 7.77. The number of hydrogen-bond acceptors (Lipinski definition) is 7. The number of benzene rings is 1. The zero-order valence-electron chi connectivity index (χ0n) is 16.8. The maximum Gasteiger partial charge on any atom is 0.267 e. The Hall–Kier alpha value is -4.02. The highest BCUT2D eigenvalue weighted by molar-refractivity contribution is 6.03. The van der Waals surface area contributed by atoms with E-state index in [0.29, 0.717) is 5.69 Å². The third kappa shape index (κ3) is 3.19. The third-order valence-corrected chi connectivity index (χ3v) is 4.72. The number of hydrogen-bond donors (Lipinski definition) is 5. The van der Waals surface area contributed by atoms with Crippen molar-refractivity contribution in [1.82, 2.24) is 14.6 Å².